The van der Waals surface area contributed by atoms with Gasteiger partial charge in [-0.25, -0.2) is 19.7 Å². The second kappa shape index (κ2) is 8.84. The summed E-state index contributed by atoms with van der Waals surface area (Å²) >= 11 is 1.47. The van der Waals surface area contributed by atoms with Gasteiger partial charge in [-0.3, -0.25) is 0 Å². The first-order valence-electron chi connectivity index (χ1n) is 9.43. The van der Waals surface area contributed by atoms with Gasteiger partial charge in [0, 0.05) is 5.69 Å². The molecule has 158 valence electrons. The zero-order valence-corrected chi connectivity index (χ0v) is 17.7. The lowest BCUT2D eigenvalue weighted by molar-refractivity contribution is 0.0526. The molecule has 0 atom stereocenters. The Morgan fingerprint density at radius 3 is 2.55 bits per heavy atom. The molecule has 0 saturated heterocycles. The number of methoxy groups -OCH3 is 1. The molecule has 4 aromatic rings. The fraction of sp³-hybridized carbons (Fsp3) is 0.143. The Bertz CT molecular complexity index is 1230. The summed E-state index contributed by atoms with van der Waals surface area (Å²) in [6, 6.07) is 12.5. The second-order valence-corrected chi connectivity index (χ2v) is 7.42. The summed E-state index contributed by atoms with van der Waals surface area (Å²) in [4.78, 5) is 24.8. The quantitative estimate of drug-likeness (QED) is 0.363. The van der Waals surface area contributed by atoms with Gasteiger partial charge in [0.1, 0.15) is 17.8 Å². The predicted octanol–water partition coefficient (Wildman–Crippen LogP) is 4.34. The number of hydrogen-bond acceptors (Lipinski definition) is 10. The number of thiazole rings is 1. The molecule has 0 saturated carbocycles. The van der Waals surface area contributed by atoms with Gasteiger partial charge >= 0.3 is 5.97 Å². The summed E-state index contributed by atoms with van der Waals surface area (Å²) < 4.78 is 11.2. The number of anilines is 5. The zero-order valence-electron chi connectivity index (χ0n) is 16.9. The molecule has 0 amide bonds. The van der Waals surface area contributed by atoms with Crippen LogP contribution in [0.25, 0.3) is 10.2 Å². The second-order valence-electron chi connectivity index (χ2n) is 6.39. The maximum Gasteiger partial charge on any atom is 0.338 e. The minimum absolute atomic E-state index is 0.328. The van der Waals surface area contributed by atoms with E-state index in [1.165, 1.54) is 17.7 Å². The first kappa shape index (κ1) is 20.4. The molecule has 4 rings (SSSR count). The molecule has 0 spiro atoms. The van der Waals surface area contributed by atoms with Gasteiger partial charge < -0.3 is 25.8 Å². The molecule has 2 aromatic heterocycles. The van der Waals surface area contributed by atoms with Gasteiger partial charge in [0.2, 0.25) is 0 Å². The minimum Gasteiger partial charge on any atom is -0.497 e. The van der Waals surface area contributed by atoms with E-state index in [1.807, 2.05) is 18.2 Å². The van der Waals surface area contributed by atoms with Crippen LogP contribution in [0.5, 0.6) is 5.75 Å². The topological polar surface area (TPSA) is 124 Å². The van der Waals surface area contributed by atoms with E-state index in [0.717, 1.165) is 21.7 Å². The number of nitrogens with one attached hydrogen (secondary N) is 2. The number of benzene rings is 2. The molecule has 2 heterocycles. The van der Waals surface area contributed by atoms with Gasteiger partial charge in [0.05, 0.1) is 29.5 Å². The van der Waals surface area contributed by atoms with E-state index >= 15 is 0 Å². The molecule has 9 nitrogen and oxygen atoms in total. The Labute approximate surface area is 182 Å². The van der Waals surface area contributed by atoms with E-state index in [4.69, 9.17) is 15.2 Å². The van der Waals surface area contributed by atoms with Gasteiger partial charge in [-0.1, -0.05) is 11.3 Å². The molecule has 0 fully saturated rings. The van der Waals surface area contributed by atoms with Gasteiger partial charge in [0.15, 0.2) is 16.8 Å². The normalized spacial score (nSPS) is 10.6. The molecule has 0 aliphatic heterocycles. The van der Waals surface area contributed by atoms with Crippen LogP contribution in [0.2, 0.25) is 0 Å². The maximum atomic E-state index is 11.8. The van der Waals surface area contributed by atoms with Crippen LogP contribution in [-0.2, 0) is 4.74 Å². The predicted molar refractivity (Wildman–Crippen MR) is 122 cm³/mol. The summed E-state index contributed by atoms with van der Waals surface area (Å²) in [5, 5.41) is 6.94. The Balaban J connectivity index is 1.52. The standard InChI is InChI=1S/C21H20N6O3S/c1-3-30-20(28)12-4-6-13(7-5-12)25-18-17(22)19(24-11-23-18)27-21-26-15-9-8-14(29-2)10-16(15)31-21/h4-11H,3,22H2,1-2H3,(H2,23,24,25,26,27). The molecular formula is C21H20N6O3S. The first-order valence-corrected chi connectivity index (χ1v) is 10.3. The van der Waals surface area contributed by atoms with Crippen molar-refractivity contribution in [3.8, 4) is 5.75 Å². The summed E-state index contributed by atoms with van der Waals surface area (Å²) in [5.41, 5.74) is 8.65. The number of carbonyl (C=O) groups excluding carboxylic acids is 1. The zero-order chi connectivity index (χ0) is 21.8. The number of hydrogen-bond donors (Lipinski definition) is 3. The van der Waals surface area contributed by atoms with E-state index in [-0.39, 0.29) is 5.97 Å². The molecule has 10 heteroatoms. The molecule has 4 N–H and O–H groups in total. The molecule has 0 unspecified atom stereocenters. The van der Waals surface area contributed by atoms with Crippen LogP contribution < -0.4 is 21.1 Å². The van der Waals surface area contributed by atoms with Crippen molar-refractivity contribution in [2.24, 2.45) is 0 Å². The largest absolute Gasteiger partial charge is 0.497 e. The van der Waals surface area contributed by atoms with Gasteiger partial charge in [-0.05, 0) is 49.4 Å². The number of ether oxygens (including phenoxy) is 2. The number of aromatic nitrogens is 3. The lowest BCUT2D eigenvalue weighted by atomic mass is 10.2. The van der Waals surface area contributed by atoms with Crippen LogP contribution in [0.4, 0.5) is 28.1 Å². The maximum absolute atomic E-state index is 11.8. The third-order valence-corrected chi connectivity index (χ3v) is 5.30. The Kier molecular flexibility index (Phi) is 5.80. The molecule has 0 aliphatic rings. The highest BCUT2D eigenvalue weighted by molar-refractivity contribution is 7.22. The van der Waals surface area contributed by atoms with Crippen LogP contribution in [-0.4, -0.2) is 34.6 Å². The van der Waals surface area contributed by atoms with Crippen LogP contribution in [0, 0.1) is 0 Å². The minimum atomic E-state index is -0.365. The molecule has 0 radical (unpaired) electrons. The first-order chi connectivity index (χ1) is 15.1. The summed E-state index contributed by atoms with van der Waals surface area (Å²) in [6.45, 7) is 2.09. The van der Waals surface area contributed by atoms with Crippen molar-refractivity contribution in [3.05, 3.63) is 54.4 Å². The number of carbonyl (C=O) groups is 1. The van der Waals surface area contributed by atoms with Crippen molar-refractivity contribution in [1.29, 1.82) is 0 Å². The van der Waals surface area contributed by atoms with Crippen molar-refractivity contribution in [2.75, 3.05) is 30.1 Å². The third-order valence-electron chi connectivity index (χ3n) is 4.36. The van der Waals surface area contributed by atoms with Gasteiger partial charge in [-0.15, -0.1) is 0 Å². The Morgan fingerprint density at radius 1 is 1.10 bits per heavy atom. The van der Waals surface area contributed by atoms with E-state index in [2.05, 4.69) is 25.6 Å². The van der Waals surface area contributed by atoms with Crippen molar-refractivity contribution in [1.82, 2.24) is 15.0 Å². The molecule has 31 heavy (non-hydrogen) atoms. The van der Waals surface area contributed by atoms with E-state index in [0.29, 0.717) is 34.6 Å². The Hall–Kier alpha value is -3.92. The van der Waals surface area contributed by atoms with E-state index in [1.54, 1.807) is 38.3 Å². The van der Waals surface area contributed by atoms with E-state index < -0.39 is 0 Å². The lowest BCUT2D eigenvalue weighted by Gasteiger charge is -2.11. The van der Waals surface area contributed by atoms with Crippen molar-refractivity contribution in [3.63, 3.8) is 0 Å². The highest BCUT2D eigenvalue weighted by Gasteiger charge is 2.12. The SMILES string of the molecule is CCOC(=O)c1ccc(Nc2ncnc(Nc3nc4ccc(OC)cc4s3)c2N)cc1. The van der Waals surface area contributed by atoms with Crippen molar-refractivity contribution >= 4 is 55.7 Å². The van der Waals surface area contributed by atoms with Crippen LogP contribution >= 0.6 is 11.3 Å². The average Bonchev–Trinajstić information content (AvgIpc) is 3.18. The summed E-state index contributed by atoms with van der Waals surface area (Å²) in [6.07, 6.45) is 1.41. The number of nitrogens with two attached hydrogens (primary N) is 1. The van der Waals surface area contributed by atoms with Gasteiger partial charge in [0.25, 0.3) is 0 Å². The number of rotatable bonds is 7. The van der Waals surface area contributed by atoms with Crippen LogP contribution in [0.1, 0.15) is 17.3 Å². The fourth-order valence-corrected chi connectivity index (χ4v) is 3.72. The lowest BCUT2D eigenvalue weighted by Crippen LogP contribution is -2.06. The number of nitrogens with zero attached hydrogens (tertiary/aromatic N) is 3. The molecular weight excluding hydrogens is 416 g/mol. The fourth-order valence-electron chi connectivity index (χ4n) is 2.82. The van der Waals surface area contributed by atoms with Gasteiger partial charge in [-0.2, -0.15) is 0 Å². The van der Waals surface area contributed by atoms with Crippen molar-refractivity contribution < 1.29 is 14.3 Å². The monoisotopic (exact) mass is 436 g/mol. The third kappa shape index (κ3) is 4.48. The molecule has 2 aromatic carbocycles. The van der Waals surface area contributed by atoms with Crippen LogP contribution in [0.15, 0.2) is 48.8 Å². The smallest absolute Gasteiger partial charge is 0.338 e. The number of nitrogen functional groups attached to an aromatic ring is 1. The van der Waals surface area contributed by atoms with Crippen molar-refractivity contribution in [2.45, 2.75) is 6.92 Å². The summed E-state index contributed by atoms with van der Waals surface area (Å²) in [7, 11) is 1.63. The number of fused-ring (bicyclic) bond motifs is 1. The highest BCUT2D eigenvalue weighted by atomic mass is 32.1. The highest BCUT2D eigenvalue weighted by Crippen LogP contribution is 2.33. The van der Waals surface area contributed by atoms with Crippen LogP contribution in [0.3, 0.4) is 0 Å². The molecule has 0 aliphatic carbocycles. The Morgan fingerprint density at radius 2 is 1.84 bits per heavy atom. The summed E-state index contributed by atoms with van der Waals surface area (Å²) in [5.74, 6) is 1.27. The average molecular weight is 436 g/mol. The number of esters is 1. The van der Waals surface area contributed by atoms with E-state index in [9.17, 15) is 4.79 Å². The molecule has 0 bridgehead atoms.